The molecule has 0 saturated heterocycles. The molecule has 0 radical (unpaired) electrons. The van der Waals surface area contributed by atoms with Gasteiger partial charge in [-0.25, -0.2) is 4.68 Å². The van der Waals surface area contributed by atoms with E-state index in [0.29, 0.717) is 22.6 Å². The van der Waals surface area contributed by atoms with Crippen molar-refractivity contribution in [1.82, 2.24) is 15.1 Å². The number of nitrogens with zero attached hydrogens (tertiary/aromatic N) is 2. The molecule has 7 nitrogen and oxygen atoms in total. The Morgan fingerprint density at radius 1 is 0.892 bits per heavy atom. The number of aromatic nitrogens is 2. The molecule has 4 rings (SSSR count). The summed E-state index contributed by atoms with van der Waals surface area (Å²) in [6.07, 6.45) is -4.18. The number of hydrogen-bond acceptors (Lipinski definition) is 4. The summed E-state index contributed by atoms with van der Waals surface area (Å²) in [7, 11) is 1.51. The number of anilines is 1. The van der Waals surface area contributed by atoms with E-state index in [-0.39, 0.29) is 30.5 Å². The van der Waals surface area contributed by atoms with E-state index in [1.54, 1.807) is 47.1 Å². The molecule has 1 aromatic heterocycles. The predicted octanol–water partition coefficient (Wildman–Crippen LogP) is 4.87. The van der Waals surface area contributed by atoms with Gasteiger partial charge in [0.1, 0.15) is 0 Å². The quantitative estimate of drug-likeness (QED) is 0.332. The fraction of sp³-hybridized carbons (Fsp3) is 0.148. The van der Waals surface area contributed by atoms with Gasteiger partial charge in [-0.05, 0) is 53.6 Å². The summed E-state index contributed by atoms with van der Waals surface area (Å²) >= 11 is 0. The van der Waals surface area contributed by atoms with E-state index in [1.165, 1.54) is 19.2 Å². The molecule has 0 unspecified atom stereocenters. The highest BCUT2D eigenvalue weighted by Gasteiger charge is 2.30. The molecular formula is C27H24F3N5O2. The Balaban J connectivity index is 1.65. The number of carbonyl (C=O) groups excluding carboxylic acids is 2. The van der Waals surface area contributed by atoms with Crippen LogP contribution in [0.4, 0.5) is 18.9 Å². The van der Waals surface area contributed by atoms with Crippen molar-refractivity contribution in [2.45, 2.75) is 12.6 Å². The Morgan fingerprint density at radius 3 is 2.00 bits per heavy atom. The van der Waals surface area contributed by atoms with Crippen molar-refractivity contribution < 1.29 is 22.8 Å². The fourth-order valence-corrected chi connectivity index (χ4v) is 3.75. The molecule has 10 heteroatoms. The van der Waals surface area contributed by atoms with Crippen molar-refractivity contribution in [3.05, 3.63) is 90.1 Å². The third kappa shape index (κ3) is 5.87. The average Bonchev–Trinajstić information content (AvgIpc) is 3.34. The van der Waals surface area contributed by atoms with Gasteiger partial charge in [0.2, 0.25) is 5.91 Å². The molecule has 4 aromatic rings. The second-order valence-electron chi connectivity index (χ2n) is 8.19. The molecule has 2 amide bonds. The molecule has 0 aliphatic carbocycles. The molecule has 4 N–H and O–H groups in total. The van der Waals surface area contributed by atoms with Crippen LogP contribution in [0.1, 0.15) is 22.5 Å². The highest BCUT2D eigenvalue weighted by atomic mass is 19.4. The number of amides is 2. The topological polar surface area (TPSA) is 102 Å². The lowest BCUT2D eigenvalue weighted by Gasteiger charge is -2.11. The van der Waals surface area contributed by atoms with Gasteiger partial charge in [0.15, 0.2) is 5.69 Å². The highest BCUT2D eigenvalue weighted by molar-refractivity contribution is 5.93. The molecule has 0 spiro atoms. The average molecular weight is 508 g/mol. The van der Waals surface area contributed by atoms with E-state index in [4.69, 9.17) is 5.73 Å². The van der Waals surface area contributed by atoms with Crippen LogP contribution >= 0.6 is 0 Å². The molecule has 0 atom stereocenters. The Labute approximate surface area is 211 Å². The number of hydrogen-bond donors (Lipinski definition) is 3. The van der Waals surface area contributed by atoms with E-state index in [9.17, 15) is 22.8 Å². The SMILES string of the molecule is CNC(=O)c1cc(-c2ccc(-c3ccc(C(F)(F)F)cc3)cc2)n(-c2ccc(NC(=O)CCN)cc2)n1. The smallest absolute Gasteiger partial charge is 0.354 e. The minimum absolute atomic E-state index is 0.190. The largest absolute Gasteiger partial charge is 0.416 e. The Kier molecular flexibility index (Phi) is 7.40. The second-order valence-corrected chi connectivity index (χ2v) is 8.19. The highest BCUT2D eigenvalue weighted by Crippen LogP contribution is 2.32. The number of carbonyl (C=O) groups is 2. The molecule has 0 bridgehead atoms. The number of rotatable bonds is 7. The summed E-state index contributed by atoms with van der Waals surface area (Å²) in [6.45, 7) is 0.250. The normalized spacial score (nSPS) is 11.3. The summed E-state index contributed by atoms with van der Waals surface area (Å²) in [5.41, 5.74) is 8.95. The van der Waals surface area contributed by atoms with Gasteiger partial charge in [0.25, 0.3) is 5.91 Å². The first-order chi connectivity index (χ1) is 17.7. The lowest BCUT2D eigenvalue weighted by atomic mass is 10.0. The van der Waals surface area contributed by atoms with Crippen LogP contribution in [0.2, 0.25) is 0 Å². The van der Waals surface area contributed by atoms with Crippen LogP contribution in [-0.4, -0.2) is 35.2 Å². The van der Waals surface area contributed by atoms with E-state index in [2.05, 4.69) is 15.7 Å². The minimum atomic E-state index is -4.39. The second kappa shape index (κ2) is 10.7. The van der Waals surface area contributed by atoms with Crippen molar-refractivity contribution in [3.8, 4) is 28.1 Å². The maximum absolute atomic E-state index is 12.9. The fourth-order valence-electron chi connectivity index (χ4n) is 3.75. The summed E-state index contributed by atoms with van der Waals surface area (Å²) < 4.78 is 40.2. The summed E-state index contributed by atoms with van der Waals surface area (Å²) in [5, 5.41) is 9.77. The molecular weight excluding hydrogens is 483 g/mol. The summed E-state index contributed by atoms with van der Waals surface area (Å²) in [4.78, 5) is 24.1. The van der Waals surface area contributed by atoms with Crippen molar-refractivity contribution in [3.63, 3.8) is 0 Å². The molecule has 0 saturated carbocycles. The molecule has 0 aliphatic rings. The van der Waals surface area contributed by atoms with Gasteiger partial charge in [-0.1, -0.05) is 36.4 Å². The van der Waals surface area contributed by atoms with E-state index in [1.807, 2.05) is 12.1 Å². The van der Waals surface area contributed by atoms with Crippen LogP contribution in [0.15, 0.2) is 78.9 Å². The first-order valence-electron chi connectivity index (χ1n) is 11.4. The lowest BCUT2D eigenvalue weighted by Crippen LogP contribution is -2.18. The standard InChI is InChI=1S/C27H24F3N5O2/c1-32-26(37)23-16-24(35(34-23)22-12-10-21(11-13-22)33-25(36)14-15-31)19-4-2-17(3-5-19)18-6-8-20(9-7-18)27(28,29)30/h2-13,16H,14-15,31H2,1H3,(H,32,37)(H,33,36). The van der Waals surface area contributed by atoms with E-state index in [0.717, 1.165) is 23.3 Å². The number of benzene rings is 3. The number of halogens is 3. The summed E-state index contributed by atoms with van der Waals surface area (Å²) in [5.74, 6) is -0.544. The van der Waals surface area contributed by atoms with Crippen LogP contribution in [0, 0.1) is 0 Å². The maximum atomic E-state index is 12.9. The third-order valence-corrected chi connectivity index (χ3v) is 5.66. The van der Waals surface area contributed by atoms with Crippen molar-refractivity contribution >= 4 is 17.5 Å². The van der Waals surface area contributed by atoms with Gasteiger partial charge in [-0.15, -0.1) is 0 Å². The van der Waals surface area contributed by atoms with E-state index < -0.39 is 11.7 Å². The number of alkyl halides is 3. The Hall–Kier alpha value is -4.44. The molecule has 0 fully saturated rings. The number of nitrogens with two attached hydrogens (primary N) is 1. The lowest BCUT2D eigenvalue weighted by molar-refractivity contribution is -0.137. The van der Waals surface area contributed by atoms with Crippen LogP contribution in [0.3, 0.4) is 0 Å². The molecule has 3 aromatic carbocycles. The maximum Gasteiger partial charge on any atom is 0.416 e. The van der Waals surface area contributed by atoms with Crippen molar-refractivity contribution in [2.24, 2.45) is 5.73 Å². The Bertz CT molecular complexity index is 1390. The van der Waals surface area contributed by atoms with Crippen LogP contribution in [0.5, 0.6) is 0 Å². The predicted molar refractivity (Wildman–Crippen MR) is 135 cm³/mol. The van der Waals surface area contributed by atoms with Gasteiger partial charge in [-0.3, -0.25) is 9.59 Å². The monoisotopic (exact) mass is 507 g/mol. The minimum Gasteiger partial charge on any atom is -0.354 e. The zero-order chi connectivity index (χ0) is 26.6. The molecule has 190 valence electrons. The first-order valence-corrected chi connectivity index (χ1v) is 11.4. The molecule has 37 heavy (non-hydrogen) atoms. The first kappa shape index (κ1) is 25.6. The third-order valence-electron chi connectivity index (χ3n) is 5.66. The van der Waals surface area contributed by atoms with Crippen LogP contribution in [0.25, 0.3) is 28.1 Å². The Morgan fingerprint density at radius 2 is 1.46 bits per heavy atom. The zero-order valence-corrected chi connectivity index (χ0v) is 19.8. The van der Waals surface area contributed by atoms with Crippen LogP contribution in [-0.2, 0) is 11.0 Å². The van der Waals surface area contributed by atoms with Crippen molar-refractivity contribution in [2.75, 3.05) is 18.9 Å². The van der Waals surface area contributed by atoms with Gasteiger partial charge in [0, 0.05) is 31.3 Å². The molecule has 1 heterocycles. The van der Waals surface area contributed by atoms with Gasteiger partial charge in [0.05, 0.1) is 16.9 Å². The van der Waals surface area contributed by atoms with Gasteiger partial charge >= 0.3 is 6.18 Å². The molecule has 0 aliphatic heterocycles. The van der Waals surface area contributed by atoms with Crippen molar-refractivity contribution in [1.29, 1.82) is 0 Å². The summed E-state index contributed by atoms with van der Waals surface area (Å²) in [6, 6.07) is 20.8. The number of nitrogens with one attached hydrogen (secondary N) is 2. The van der Waals surface area contributed by atoms with Crippen LogP contribution < -0.4 is 16.4 Å². The zero-order valence-electron chi connectivity index (χ0n) is 19.8. The van der Waals surface area contributed by atoms with E-state index >= 15 is 0 Å². The van der Waals surface area contributed by atoms with Gasteiger partial charge < -0.3 is 16.4 Å². The van der Waals surface area contributed by atoms with Gasteiger partial charge in [-0.2, -0.15) is 18.3 Å².